The molecule has 0 bridgehead atoms. The third-order valence-electron chi connectivity index (χ3n) is 5.33. The summed E-state index contributed by atoms with van der Waals surface area (Å²) in [6.07, 6.45) is 5.67. The number of nitrogens with zero attached hydrogens (tertiary/aromatic N) is 1. The van der Waals surface area contributed by atoms with Crippen molar-refractivity contribution in [2.75, 3.05) is 16.9 Å². The zero-order chi connectivity index (χ0) is 21.0. The summed E-state index contributed by atoms with van der Waals surface area (Å²) in [7, 11) is -3.38. The van der Waals surface area contributed by atoms with Crippen LogP contribution in [0.2, 0.25) is 5.02 Å². The molecule has 1 aliphatic heterocycles. The van der Waals surface area contributed by atoms with E-state index < -0.39 is 15.9 Å². The van der Waals surface area contributed by atoms with Gasteiger partial charge < -0.3 is 10.6 Å². The van der Waals surface area contributed by atoms with Crippen molar-refractivity contribution >= 4 is 38.6 Å². The van der Waals surface area contributed by atoms with Crippen molar-refractivity contribution in [1.82, 2.24) is 4.98 Å². The van der Waals surface area contributed by atoms with Gasteiger partial charge in [0.05, 0.1) is 28.5 Å². The van der Waals surface area contributed by atoms with Crippen molar-refractivity contribution in [2.24, 2.45) is 5.41 Å². The van der Waals surface area contributed by atoms with E-state index >= 15 is 0 Å². The van der Waals surface area contributed by atoms with E-state index in [4.69, 9.17) is 11.6 Å². The quantitative estimate of drug-likeness (QED) is 0.734. The Hall–Kier alpha value is -2.38. The lowest BCUT2D eigenvalue weighted by molar-refractivity contribution is -0.118. The molecular weight excluding hydrogens is 410 g/mol. The fourth-order valence-corrected chi connectivity index (χ4v) is 5.00. The number of pyridine rings is 1. The Morgan fingerprint density at radius 2 is 1.93 bits per heavy atom. The van der Waals surface area contributed by atoms with Crippen molar-refractivity contribution in [3.05, 3.63) is 58.5 Å². The number of fused-ring (bicyclic) bond motifs is 1. The van der Waals surface area contributed by atoms with Crippen LogP contribution in [0.5, 0.6) is 0 Å². The Morgan fingerprint density at radius 1 is 1.17 bits per heavy atom. The van der Waals surface area contributed by atoms with Crippen LogP contribution in [-0.2, 0) is 14.6 Å². The molecule has 2 heterocycles. The van der Waals surface area contributed by atoms with Crippen molar-refractivity contribution in [3.8, 4) is 0 Å². The molecule has 0 saturated carbocycles. The van der Waals surface area contributed by atoms with Crippen LogP contribution in [0.4, 0.5) is 11.4 Å². The number of sulfone groups is 1. The number of carbonyl (C=O) groups is 1. The fraction of sp³-hybridized carbons (Fsp3) is 0.333. The maximum atomic E-state index is 13.2. The van der Waals surface area contributed by atoms with Gasteiger partial charge in [-0.05, 0) is 35.6 Å². The van der Waals surface area contributed by atoms with E-state index in [1.807, 2.05) is 6.07 Å². The van der Waals surface area contributed by atoms with Gasteiger partial charge in [0, 0.05) is 35.2 Å². The van der Waals surface area contributed by atoms with Crippen molar-refractivity contribution in [2.45, 2.75) is 37.6 Å². The molecule has 6 nitrogen and oxygen atoms in total. The number of halogens is 1. The summed E-state index contributed by atoms with van der Waals surface area (Å²) < 4.78 is 23.8. The van der Waals surface area contributed by atoms with Gasteiger partial charge in [-0.3, -0.25) is 9.78 Å². The summed E-state index contributed by atoms with van der Waals surface area (Å²) >= 11 is 6.51. The predicted molar refractivity (Wildman–Crippen MR) is 114 cm³/mol. The van der Waals surface area contributed by atoms with Crippen LogP contribution in [0.15, 0.2) is 52.8 Å². The monoisotopic (exact) mass is 431 g/mol. The molecule has 2 aliphatic rings. The van der Waals surface area contributed by atoms with Gasteiger partial charge in [-0.1, -0.05) is 31.5 Å². The fourth-order valence-electron chi connectivity index (χ4n) is 4.00. The molecule has 1 aromatic heterocycles. The van der Waals surface area contributed by atoms with Gasteiger partial charge >= 0.3 is 0 Å². The lowest BCUT2D eigenvalue weighted by Crippen LogP contribution is -2.31. The first-order valence-corrected chi connectivity index (χ1v) is 11.6. The number of ketones is 1. The van der Waals surface area contributed by atoms with Crippen LogP contribution in [0, 0.1) is 5.41 Å². The standard InChI is InChI=1S/C21H22ClN3O3S/c1-21(2)9-16-19(18(26)10-21)20(25-15-6-7-23-11-17(15)24-16)13-5-4-12(8-14(13)22)29(3,27)28/h4-8,11,20,24-25H,9-10H2,1-3H3. The van der Waals surface area contributed by atoms with Gasteiger partial charge in [0.15, 0.2) is 15.6 Å². The number of aromatic nitrogens is 1. The molecule has 0 radical (unpaired) electrons. The van der Waals surface area contributed by atoms with E-state index in [-0.39, 0.29) is 16.1 Å². The second-order valence-corrected chi connectivity index (χ2v) is 10.8. The average molecular weight is 432 g/mol. The summed E-state index contributed by atoms with van der Waals surface area (Å²) in [5, 5.41) is 7.11. The highest BCUT2D eigenvalue weighted by atomic mass is 35.5. The van der Waals surface area contributed by atoms with Crippen LogP contribution in [0.1, 0.15) is 38.3 Å². The van der Waals surface area contributed by atoms with Gasteiger partial charge in [-0.2, -0.15) is 0 Å². The molecule has 1 aromatic carbocycles. The minimum absolute atomic E-state index is 0.0465. The van der Waals surface area contributed by atoms with Crippen molar-refractivity contribution in [1.29, 1.82) is 0 Å². The van der Waals surface area contributed by atoms with Crippen LogP contribution in [0.3, 0.4) is 0 Å². The zero-order valence-electron chi connectivity index (χ0n) is 16.4. The highest BCUT2D eigenvalue weighted by molar-refractivity contribution is 7.90. The van der Waals surface area contributed by atoms with Gasteiger partial charge in [0.1, 0.15) is 0 Å². The number of rotatable bonds is 2. The molecule has 2 N–H and O–H groups in total. The average Bonchev–Trinajstić information content (AvgIpc) is 2.76. The largest absolute Gasteiger partial charge is 0.372 e. The maximum Gasteiger partial charge on any atom is 0.175 e. The third kappa shape index (κ3) is 3.76. The van der Waals surface area contributed by atoms with Crippen LogP contribution >= 0.6 is 11.6 Å². The Kier molecular flexibility index (Phi) is 4.70. The molecule has 1 unspecified atom stereocenters. The van der Waals surface area contributed by atoms with Gasteiger partial charge in [-0.15, -0.1) is 0 Å². The molecule has 0 amide bonds. The third-order valence-corrected chi connectivity index (χ3v) is 6.76. The van der Waals surface area contributed by atoms with Crippen molar-refractivity contribution < 1.29 is 13.2 Å². The van der Waals surface area contributed by atoms with Crippen LogP contribution in [0.25, 0.3) is 0 Å². The summed E-state index contributed by atoms with van der Waals surface area (Å²) in [5.74, 6) is 0.0465. The number of allylic oxidation sites excluding steroid dienone is 1. The summed E-state index contributed by atoms with van der Waals surface area (Å²) in [6.45, 7) is 4.14. The van der Waals surface area contributed by atoms with Gasteiger partial charge in [-0.25, -0.2) is 8.42 Å². The number of carbonyl (C=O) groups excluding carboxylic acids is 1. The number of hydrogen-bond donors (Lipinski definition) is 2. The molecule has 1 atom stereocenters. The summed E-state index contributed by atoms with van der Waals surface area (Å²) in [6, 6.07) is 5.99. The first-order chi connectivity index (χ1) is 13.5. The van der Waals surface area contributed by atoms with E-state index in [0.717, 1.165) is 23.3 Å². The lowest BCUT2D eigenvalue weighted by Gasteiger charge is -2.34. The van der Waals surface area contributed by atoms with E-state index in [2.05, 4.69) is 29.5 Å². The summed E-state index contributed by atoms with van der Waals surface area (Å²) in [4.78, 5) is 17.5. The number of anilines is 2. The van der Waals surface area contributed by atoms with E-state index in [9.17, 15) is 13.2 Å². The topological polar surface area (TPSA) is 88.2 Å². The molecule has 29 heavy (non-hydrogen) atoms. The summed E-state index contributed by atoms with van der Waals surface area (Å²) in [5.41, 5.74) is 3.56. The Balaban J connectivity index is 1.90. The highest BCUT2D eigenvalue weighted by Gasteiger charge is 2.39. The minimum atomic E-state index is -3.38. The van der Waals surface area contributed by atoms with E-state index in [1.54, 1.807) is 18.5 Å². The molecule has 152 valence electrons. The normalized spacial score (nSPS) is 20.8. The molecule has 8 heteroatoms. The Bertz CT molecular complexity index is 1160. The second kappa shape index (κ2) is 6.85. The Labute approximate surface area is 175 Å². The molecule has 1 aliphatic carbocycles. The maximum absolute atomic E-state index is 13.2. The highest BCUT2D eigenvalue weighted by Crippen LogP contribution is 2.46. The van der Waals surface area contributed by atoms with Crippen LogP contribution in [-0.4, -0.2) is 25.4 Å². The van der Waals surface area contributed by atoms with Gasteiger partial charge in [0.2, 0.25) is 0 Å². The van der Waals surface area contributed by atoms with Gasteiger partial charge in [0.25, 0.3) is 0 Å². The smallest absolute Gasteiger partial charge is 0.175 e. The molecule has 0 spiro atoms. The van der Waals surface area contributed by atoms with E-state index in [1.165, 1.54) is 12.1 Å². The zero-order valence-corrected chi connectivity index (χ0v) is 18.0. The molecular formula is C21H22ClN3O3S. The predicted octanol–water partition coefficient (Wildman–Crippen LogP) is 4.36. The van der Waals surface area contributed by atoms with Crippen molar-refractivity contribution in [3.63, 3.8) is 0 Å². The van der Waals surface area contributed by atoms with Crippen LogP contribution < -0.4 is 10.6 Å². The SMILES string of the molecule is CC1(C)CC(=O)C2=C(C1)Nc1cnccc1NC2c1ccc(S(C)(=O)=O)cc1Cl. The molecule has 4 rings (SSSR count). The number of Topliss-reactive ketones (excluding diaryl/α,β-unsaturated/α-hetero) is 1. The Morgan fingerprint density at radius 3 is 2.62 bits per heavy atom. The number of nitrogens with one attached hydrogen (secondary N) is 2. The lowest BCUT2D eigenvalue weighted by atomic mass is 9.73. The number of benzene rings is 1. The second-order valence-electron chi connectivity index (χ2n) is 8.41. The molecule has 0 saturated heterocycles. The molecule has 2 aromatic rings. The first kappa shape index (κ1) is 19.9. The minimum Gasteiger partial charge on any atom is -0.372 e. The van der Waals surface area contributed by atoms with E-state index in [0.29, 0.717) is 29.0 Å². The first-order valence-electron chi connectivity index (χ1n) is 9.28. The molecule has 0 fully saturated rings. The number of hydrogen-bond acceptors (Lipinski definition) is 6.